The summed E-state index contributed by atoms with van der Waals surface area (Å²) in [6, 6.07) is 0. The van der Waals surface area contributed by atoms with E-state index in [-0.39, 0.29) is 5.60 Å². The van der Waals surface area contributed by atoms with E-state index in [4.69, 9.17) is 27.1 Å². The fourth-order valence-electron chi connectivity index (χ4n) is 0. The molecule has 0 heterocycles. The molecular weight excluding hydrogens is 227 g/mol. The van der Waals surface area contributed by atoms with E-state index in [2.05, 4.69) is 20.8 Å². The SMILES string of the molecule is CC(C)(C)O[SiH3].C[Si](C)(Cl)CCl. The van der Waals surface area contributed by atoms with Crippen LogP contribution in [-0.2, 0) is 4.43 Å². The van der Waals surface area contributed by atoms with E-state index in [1.807, 2.05) is 13.1 Å². The summed E-state index contributed by atoms with van der Waals surface area (Å²) in [4.78, 5) is 0. The first-order valence-corrected chi connectivity index (χ1v) is 9.49. The molecule has 0 spiro atoms. The number of rotatable bonds is 1. The Hall–Kier alpha value is 0.974. The monoisotopic (exact) mass is 246 g/mol. The van der Waals surface area contributed by atoms with Crippen molar-refractivity contribution in [2.45, 2.75) is 39.5 Å². The Morgan fingerprint density at radius 3 is 1.50 bits per heavy atom. The second-order valence-electron chi connectivity index (χ2n) is 4.17. The second kappa shape index (κ2) is 6.43. The van der Waals surface area contributed by atoms with Gasteiger partial charge in [0, 0.05) is 11.1 Å². The summed E-state index contributed by atoms with van der Waals surface area (Å²) in [5, 5.41) is 0. The Kier molecular flexibility index (Phi) is 8.28. The van der Waals surface area contributed by atoms with E-state index in [0.717, 1.165) is 10.5 Å². The van der Waals surface area contributed by atoms with Gasteiger partial charge in [0.05, 0.1) is 0 Å². The molecule has 0 aromatic rings. The van der Waals surface area contributed by atoms with Crippen molar-refractivity contribution in [2.75, 3.05) is 5.50 Å². The molecule has 0 saturated heterocycles. The zero-order valence-corrected chi connectivity index (χ0v) is 13.4. The minimum absolute atomic E-state index is 0.103. The van der Waals surface area contributed by atoms with Crippen molar-refractivity contribution in [1.29, 1.82) is 0 Å². The predicted molar refractivity (Wildman–Crippen MR) is 64.8 cm³/mol. The molecule has 0 N–H and O–H groups in total. The molecular formula is C7H20Cl2OSi2. The van der Waals surface area contributed by atoms with Crippen molar-refractivity contribution in [3.63, 3.8) is 0 Å². The van der Waals surface area contributed by atoms with Crippen molar-refractivity contribution in [3.05, 3.63) is 0 Å². The third-order valence-electron chi connectivity index (χ3n) is 0.930. The van der Waals surface area contributed by atoms with Gasteiger partial charge >= 0.3 is 0 Å². The molecule has 5 heteroatoms. The lowest BCUT2D eigenvalue weighted by atomic mass is 10.2. The predicted octanol–water partition coefficient (Wildman–Crippen LogP) is 2.29. The maximum absolute atomic E-state index is 5.72. The van der Waals surface area contributed by atoms with Gasteiger partial charge in [-0.25, -0.2) is 0 Å². The molecule has 0 radical (unpaired) electrons. The Balaban J connectivity index is 0. The van der Waals surface area contributed by atoms with E-state index < -0.39 is 7.38 Å². The van der Waals surface area contributed by atoms with Crippen molar-refractivity contribution in [2.24, 2.45) is 0 Å². The van der Waals surface area contributed by atoms with Crippen LogP contribution in [0.4, 0.5) is 0 Å². The highest BCUT2D eigenvalue weighted by Gasteiger charge is 2.13. The lowest BCUT2D eigenvalue weighted by Gasteiger charge is -2.15. The van der Waals surface area contributed by atoms with Crippen LogP contribution in [0.1, 0.15) is 20.8 Å². The molecule has 0 aliphatic carbocycles. The van der Waals surface area contributed by atoms with Gasteiger partial charge in [0.15, 0.2) is 7.38 Å². The lowest BCUT2D eigenvalue weighted by Crippen LogP contribution is -2.18. The molecule has 0 saturated carbocycles. The molecule has 0 aliphatic heterocycles. The Labute approximate surface area is 90.0 Å². The first kappa shape index (κ1) is 15.4. The molecule has 0 bridgehead atoms. The fourth-order valence-corrected chi connectivity index (χ4v) is 0. The van der Waals surface area contributed by atoms with Crippen LogP contribution >= 0.6 is 22.7 Å². The van der Waals surface area contributed by atoms with Gasteiger partial charge in [-0.3, -0.25) is 0 Å². The van der Waals surface area contributed by atoms with Gasteiger partial charge < -0.3 is 4.43 Å². The fraction of sp³-hybridized carbons (Fsp3) is 1.00. The third-order valence-corrected chi connectivity index (χ3v) is 5.61. The molecule has 0 aromatic heterocycles. The van der Waals surface area contributed by atoms with Crippen LogP contribution < -0.4 is 0 Å². The lowest BCUT2D eigenvalue weighted by molar-refractivity contribution is 0.147. The van der Waals surface area contributed by atoms with Gasteiger partial charge in [0.1, 0.15) is 10.5 Å². The maximum atomic E-state index is 5.72. The normalized spacial score (nSPS) is 12.2. The topological polar surface area (TPSA) is 9.23 Å². The van der Waals surface area contributed by atoms with Crippen molar-refractivity contribution in [1.82, 2.24) is 0 Å². The van der Waals surface area contributed by atoms with Crippen LogP contribution in [0.5, 0.6) is 0 Å². The van der Waals surface area contributed by atoms with Crippen LogP contribution in [0.15, 0.2) is 0 Å². The molecule has 12 heavy (non-hydrogen) atoms. The van der Waals surface area contributed by atoms with Gasteiger partial charge in [-0.15, -0.1) is 11.6 Å². The summed E-state index contributed by atoms with van der Waals surface area (Å²) < 4.78 is 5.08. The molecule has 0 aromatic carbocycles. The van der Waals surface area contributed by atoms with E-state index in [1.165, 1.54) is 0 Å². The molecule has 76 valence electrons. The Morgan fingerprint density at radius 1 is 1.33 bits per heavy atom. The van der Waals surface area contributed by atoms with Crippen molar-refractivity contribution in [3.8, 4) is 0 Å². The summed E-state index contributed by atoms with van der Waals surface area (Å²) in [5.74, 6) is 0. The first-order valence-electron chi connectivity index (χ1n) is 3.92. The zero-order chi connectivity index (χ0) is 10.4. The van der Waals surface area contributed by atoms with Gasteiger partial charge in [-0.2, -0.15) is 11.1 Å². The van der Waals surface area contributed by atoms with E-state index in [1.54, 1.807) is 0 Å². The number of alkyl halides is 1. The average Bonchev–Trinajstić information content (AvgIpc) is 1.86. The largest absolute Gasteiger partial charge is 0.423 e. The molecule has 0 atom stereocenters. The van der Waals surface area contributed by atoms with Gasteiger partial charge in [0.25, 0.3) is 0 Å². The van der Waals surface area contributed by atoms with Crippen LogP contribution in [0.2, 0.25) is 13.1 Å². The van der Waals surface area contributed by atoms with Crippen LogP contribution in [-0.4, -0.2) is 29.0 Å². The quantitative estimate of drug-likeness (QED) is 0.392. The van der Waals surface area contributed by atoms with Crippen molar-refractivity contribution >= 4 is 40.5 Å². The van der Waals surface area contributed by atoms with E-state index in [0.29, 0.717) is 5.50 Å². The third kappa shape index (κ3) is 22.4. The zero-order valence-electron chi connectivity index (χ0n) is 8.87. The van der Waals surface area contributed by atoms with E-state index >= 15 is 0 Å². The van der Waals surface area contributed by atoms with Crippen LogP contribution in [0.25, 0.3) is 0 Å². The molecule has 0 amide bonds. The summed E-state index contributed by atoms with van der Waals surface area (Å²) in [6.45, 7) is 10.2. The highest BCUT2D eigenvalue weighted by molar-refractivity contribution is 7.21. The molecule has 0 unspecified atom stereocenters. The molecule has 1 nitrogen and oxygen atoms in total. The minimum atomic E-state index is -1.39. The molecule has 0 fully saturated rings. The standard InChI is InChI=1S/C4H12OSi.C3H8Cl2Si/c1-4(2,3)5-6;1-6(2,5)3-4/h1-3,6H3;3H2,1-2H3. The number of halogens is 2. The van der Waals surface area contributed by atoms with Crippen LogP contribution in [0.3, 0.4) is 0 Å². The Bertz CT molecular complexity index is 93.0. The van der Waals surface area contributed by atoms with Crippen molar-refractivity contribution < 1.29 is 4.43 Å². The first-order chi connectivity index (χ1) is 5.12. The highest BCUT2D eigenvalue weighted by Crippen LogP contribution is 2.07. The highest BCUT2D eigenvalue weighted by atomic mass is 35.6. The minimum Gasteiger partial charge on any atom is -0.423 e. The van der Waals surface area contributed by atoms with Gasteiger partial charge in [-0.05, 0) is 20.8 Å². The number of hydrogen-bond acceptors (Lipinski definition) is 1. The second-order valence-corrected chi connectivity index (χ2v) is 12.2. The van der Waals surface area contributed by atoms with Gasteiger partial charge in [0.2, 0.25) is 0 Å². The van der Waals surface area contributed by atoms with Crippen LogP contribution in [0, 0.1) is 0 Å². The summed E-state index contributed by atoms with van der Waals surface area (Å²) in [6.07, 6.45) is 0. The summed E-state index contributed by atoms with van der Waals surface area (Å²) in [5.41, 5.74) is 0.751. The molecule has 0 rings (SSSR count). The maximum Gasteiger partial charge on any atom is 0.164 e. The van der Waals surface area contributed by atoms with Gasteiger partial charge in [-0.1, -0.05) is 13.1 Å². The smallest absolute Gasteiger partial charge is 0.164 e. The molecule has 0 aliphatic rings. The average molecular weight is 247 g/mol. The van der Waals surface area contributed by atoms with E-state index in [9.17, 15) is 0 Å². The Morgan fingerprint density at radius 2 is 1.50 bits per heavy atom. The number of hydrogen-bond donors (Lipinski definition) is 0. The summed E-state index contributed by atoms with van der Waals surface area (Å²) >= 11 is 11.1. The summed E-state index contributed by atoms with van der Waals surface area (Å²) in [7, 11) is -0.546.